The molecule has 0 saturated carbocycles. The number of carbonyl (C=O) groups excluding carboxylic acids is 1. The molecule has 0 radical (unpaired) electrons. The monoisotopic (exact) mass is 369 g/mol. The van der Waals surface area contributed by atoms with Crippen molar-refractivity contribution in [3.63, 3.8) is 0 Å². The lowest BCUT2D eigenvalue weighted by Gasteiger charge is -2.27. The van der Waals surface area contributed by atoms with Gasteiger partial charge in [-0.15, -0.1) is 0 Å². The lowest BCUT2D eigenvalue weighted by atomic mass is 10.1. The van der Waals surface area contributed by atoms with Gasteiger partial charge in [-0.2, -0.15) is 0 Å². The summed E-state index contributed by atoms with van der Waals surface area (Å²) >= 11 is 0. The summed E-state index contributed by atoms with van der Waals surface area (Å²) in [5, 5.41) is 0. The summed E-state index contributed by atoms with van der Waals surface area (Å²) in [6.45, 7) is 7.19. The third kappa shape index (κ3) is 5.47. The number of anilines is 2. The van der Waals surface area contributed by atoms with Crippen LogP contribution in [0.25, 0.3) is 0 Å². The van der Waals surface area contributed by atoms with Crippen LogP contribution in [-0.2, 0) is 0 Å². The molecule has 146 valence electrons. The highest BCUT2D eigenvalue weighted by molar-refractivity contribution is 5.94. The van der Waals surface area contributed by atoms with E-state index in [4.69, 9.17) is 4.74 Å². The van der Waals surface area contributed by atoms with Crippen LogP contribution < -0.4 is 9.64 Å². The summed E-state index contributed by atoms with van der Waals surface area (Å²) in [6.07, 6.45) is 0. The first-order valence-electron chi connectivity index (χ1n) is 9.45. The molecule has 0 aliphatic rings. The Bertz CT molecular complexity index is 725. The summed E-state index contributed by atoms with van der Waals surface area (Å²) in [5.74, 6) is 0.906. The number of hydrogen-bond donors (Lipinski definition) is 0. The van der Waals surface area contributed by atoms with Crippen molar-refractivity contribution in [2.24, 2.45) is 0 Å². The van der Waals surface area contributed by atoms with Gasteiger partial charge in [0.1, 0.15) is 5.75 Å². The van der Waals surface area contributed by atoms with Crippen molar-refractivity contribution in [3.8, 4) is 5.75 Å². The number of carbonyl (C=O) groups is 1. The summed E-state index contributed by atoms with van der Waals surface area (Å²) in [7, 11) is 5.81. The molecule has 0 spiro atoms. The van der Waals surface area contributed by atoms with E-state index in [1.165, 1.54) is 0 Å². The van der Waals surface area contributed by atoms with Crippen LogP contribution in [0.5, 0.6) is 5.75 Å². The molecule has 0 heterocycles. The van der Waals surface area contributed by atoms with Crippen LogP contribution in [-0.4, -0.2) is 63.1 Å². The van der Waals surface area contributed by atoms with Crippen molar-refractivity contribution in [3.05, 3.63) is 54.1 Å². The van der Waals surface area contributed by atoms with Crippen molar-refractivity contribution >= 4 is 17.3 Å². The maximum Gasteiger partial charge on any atom is 0.253 e. The molecule has 0 fully saturated rings. The van der Waals surface area contributed by atoms with Crippen LogP contribution in [0.4, 0.5) is 11.4 Å². The average molecular weight is 370 g/mol. The number of ether oxygens (including phenoxy) is 1. The van der Waals surface area contributed by atoms with Gasteiger partial charge in [-0.05, 0) is 64.3 Å². The minimum atomic E-state index is 0.0766. The van der Waals surface area contributed by atoms with Crippen molar-refractivity contribution in [2.75, 3.05) is 52.3 Å². The number of benzene rings is 2. The highest BCUT2D eigenvalue weighted by atomic mass is 16.5. The SMILES string of the molecule is CCN(CC)C(=O)c1ccc(N(CCN(C)C)c2cccc(OC)c2)cc1. The molecule has 2 rings (SSSR count). The third-order valence-corrected chi connectivity index (χ3v) is 4.61. The van der Waals surface area contributed by atoms with E-state index in [-0.39, 0.29) is 5.91 Å². The second-order valence-electron chi connectivity index (χ2n) is 6.68. The summed E-state index contributed by atoms with van der Waals surface area (Å²) < 4.78 is 5.38. The largest absolute Gasteiger partial charge is 0.497 e. The molecule has 5 nitrogen and oxygen atoms in total. The Morgan fingerprint density at radius 1 is 0.926 bits per heavy atom. The second-order valence-corrected chi connectivity index (χ2v) is 6.68. The van der Waals surface area contributed by atoms with E-state index in [2.05, 4.69) is 30.0 Å². The number of likely N-dealkylation sites (N-methyl/N-ethyl adjacent to an activating group) is 1. The van der Waals surface area contributed by atoms with Crippen LogP contribution in [0, 0.1) is 0 Å². The van der Waals surface area contributed by atoms with Crippen molar-refractivity contribution in [1.29, 1.82) is 0 Å². The Kier molecular flexibility index (Phi) is 7.67. The first-order valence-corrected chi connectivity index (χ1v) is 9.45. The lowest BCUT2D eigenvalue weighted by Crippen LogP contribution is -2.30. The number of hydrogen-bond acceptors (Lipinski definition) is 4. The van der Waals surface area contributed by atoms with Crippen LogP contribution >= 0.6 is 0 Å². The highest BCUT2D eigenvalue weighted by Gasteiger charge is 2.15. The summed E-state index contributed by atoms with van der Waals surface area (Å²) in [4.78, 5) is 18.8. The fourth-order valence-corrected chi connectivity index (χ4v) is 2.96. The van der Waals surface area contributed by atoms with E-state index >= 15 is 0 Å². The van der Waals surface area contributed by atoms with E-state index in [9.17, 15) is 4.79 Å². The van der Waals surface area contributed by atoms with E-state index < -0.39 is 0 Å². The van der Waals surface area contributed by atoms with Gasteiger partial charge in [0.15, 0.2) is 0 Å². The van der Waals surface area contributed by atoms with Crippen LogP contribution in [0.15, 0.2) is 48.5 Å². The molecule has 0 atom stereocenters. The van der Waals surface area contributed by atoms with Gasteiger partial charge in [0.25, 0.3) is 5.91 Å². The number of amides is 1. The first kappa shape index (κ1) is 20.8. The fourth-order valence-electron chi connectivity index (χ4n) is 2.96. The fraction of sp³-hybridized carbons (Fsp3) is 0.409. The molecule has 2 aromatic carbocycles. The van der Waals surface area contributed by atoms with E-state index in [0.29, 0.717) is 0 Å². The Morgan fingerprint density at radius 2 is 1.59 bits per heavy atom. The lowest BCUT2D eigenvalue weighted by molar-refractivity contribution is 0.0773. The molecule has 0 unspecified atom stereocenters. The van der Waals surface area contributed by atoms with E-state index in [0.717, 1.165) is 48.9 Å². The molecule has 0 aliphatic heterocycles. The van der Waals surface area contributed by atoms with Gasteiger partial charge in [0.2, 0.25) is 0 Å². The molecule has 0 saturated heterocycles. The quantitative estimate of drug-likeness (QED) is 0.672. The predicted octanol–water partition coefficient (Wildman–Crippen LogP) is 3.88. The van der Waals surface area contributed by atoms with Crippen LogP contribution in [0.3, 0.4) is 0 Å². The van der Waals surface area contributed by atoms with Gasteiger partial charge < -0.3 is 19.4 Å². The minimum absolute atomic E-state index is 0.0766. The van der Waals surface area contributed by atoms with Gasteiger partial charge in [-0.25, -0.2) is 0 Å². The summed E-state index contributed by atoms with van der Waals surface area (Å²) in [5.41, 5.74) is 2.85. The van der Waals surface area contributed by atoms with E-state index in [1.54, 1.807) is 7.11 Å². The van der Waals surface area contributed by atoms with Gasteiger partial charge >= 0.3 is 0 Å². The Balaban J connectivity index is 2.30. The average Bonchev–Trinajstić information content (AvgIpc) is 2.69. The Labute approximate surface area is 163 Å². The molecule has 0 aromatic heterocycles. The molecular weight excluding hydrogens is 338 g/mol. The topological polar surface area (TPSA) is 36.0 Å². The Hall–Kier alpha value is -2.53. The molecule has 27 heavy (non-hydrogen) atoms. The molecule has 2 aromatic rings. The molecule has 0 bridgehead atoms. The molecule has 5 heteroatoms. The standard InChI is InChI=1S/C22H31N3O2/c1-6-24(7-2)22(26)18-11-13-19(14-12-18)25(16-15-23(3)4)20-9-8-10-21(17-20)27-5/h8-14,17H,6-7,15-16H2,1-5H3. The zero-order valence-electron chi connectivity index (χ0n) is 17.1. The number of nitrogens with zero attached hydrogens (tertiary/aromatic N) is 3. The normalized spacial score (nSPS) is 10.7. The minimum Gasteiger partial charge on any atom is -0.497 e. The summed E-state index contributed by atoms with van der Waals surface area (Å²) in [6, 6.07) is 15.9. The third-order valence-electron chi connectivity index (χ3n) is 4.61. The zero-order chi connectivity index (χ0) is 19.8. The Morgan fingerprint density at radius 3 is 2.15 bits per heavy atom. The van der Waals surface area contributed by atoms with Crippen LogP contribution in [0.1, 0.15) is 24.2 Å². The van der Waals surface area contributed by atoms with Gasteiger partial charge in [0, 0.05) is 49.2 Å². The molecule has 0 aliphatic carbocycles. The highest BCUT2D eigenvalue weighted by Crippen LogP contribution is 2.28. The maximum absolute atomic E-state index is 12.5. The van der Waals surface area contributed by atoms with E-state index in [1.807, 2.05) is 61.2 Å². The van der Waals surface area contributed by atoms with Crippen molar-refractivity contribution in [1.82, 2.24) is 9.80 Å². The van der Waals surface area contributed by atoms with Crippen LogP contribution in [0.2, 0.25) is 0 Å². The molecule has 1 amide bonds. The van der Waals surface area contributed by atoms with Crippen molar-refractivity contribution in [2.45, 2.75) is 13.8 Å². The number of rotatable bonds is 9. The molecular formula is C22H31N3O2. The number of methoxy groups -OCH3 is 1. The predicted molar refractivity (Wildman–Crippen MR) is 112 cm³/mol. The van der Waals surface area contributed by atoms with Gasteiger partial charge in [0.05, 0.1) is 7.11 Å². The van der Waals surface area contributed by atoms with Gasteiger partial charge in [-0.1, -0.05) is 6.07 Å². The van der Waals surface area contributed by atoms with Crippen molar-refractivity contribution < 1.29 is 9.53 Å². The first-order chi connectivity index (χ1) is 13.0. The molecule has 0 N–H and O–H groups in total. The van der Waals surface area contributed by atoms with Gasteiger partial charge in [-0.3, -0.25) is 4.79 Å². The smallest absolute Gasteiger partial charge is 0.253 e. The zero-order valence-corrected chi connectivity index (χ0v) is 17.1. The second kappa shape index (κ2) is 9.97. The maximum atomic E-state index is 12.5.